The molecule has 0 amide bonds. The van der Waals surface area contributed by atoms with Crippen molar-refractivity contribution in [1.82, 2.24) is 0 Å². The highest BCUT2D eigenvalue weighted by Gasteiger charge is 2.47. The molecule has 4 rings (SSSR count). The average molecular weight is 703 g/mol. The minimum Gasteiger partial charge on any atom is -0.508 e. The van der Waals surface area contributed by atoms with Crippen LogP contribution in [0.2, 0.25) is 0 Å². The van der Waals surface area contributed by atoms with Crippen molar-refractivity contribution in [3.63, 3.8) is 0 Å². The van der Waals surface area contributed by atoms with Crippen molar-refractivity contribution >= 4 is 24.0 Å². The molecule has 7 unspecified atom stereocenters. The van der Waals surface area contributed by atoms with Crippen LogP contribution in [0.15, 0.2) is 72.0 Å². The average Bonchev–Trinajstić information content (AvgIpc) is 3.10. The van der Waals surface area contributed by atoms with Gasteiger partial charge < -0.3 is 64.2 Å². The van der Waals surface area contributed by atoms with E-state index in [2.05, 4.69) is 0 Å². The summed E-state index contributed by atoms with van der Waals surface area (Å²) in [6, 6.07) is 10.1. The van der Waals surface area contributed by atoms with Crippen molar-refractivity contribution < 1.29 is 78.6 Å². The van der Waals surface area contributed by atoms with E-state index in [4.69, 9.17) is 28.4 Å². The molecule has 2 aliphatic heterocycles. The first-order valence-electron chi connectivity index (χ1n) is 15.3. The summed E-state index contributed by atoms with van der Waals surface area (Å²) in [5, 5.41) is 70.1. The Balaban J connectivity index is 1.43. The van der Waals surface area contributed by atoms with Gasteiger partial charge in [-0.1, -0.05) is 24.3 Å². The Labute approximate surface area is 285 Å². The molecule has 270 valence electrons. The number of benzene rings is 2. The molecule has 50 heavy (non-hydrogen) atoms. The molecule has 0 radical (unpaired) electrons. The lowest BCUT2D eigenvalue weighted by molar-refractivity contribution is -0.328. The van der Waals surface area contributed by atoms with Crippen LogP contribution < -0.4 is 0 Å². The molecule has 0 aliphatic carbocycles. The lowest BCUT2D eigenvalue weighted by Gasteiger charge is -2.42. The summed E-state index contributed by atoms with van der Waals surface area (Å²) in [6.07, 6.45) is -5.57. The van der Waals surface area contributed by atoms with Crippen LogP contribution in [0.25, 0.3) is 6.08 Å². The maximum absolute atomic E-state index is 12.9. The fourth-order valence-corrected chi connectivity index (χ4v) is 5.11. The minimum absolute atomic E-state index is 0.0366. The van der Waals surface area contributed by atoms with Gasteiger partial charge in [0.15, 0.2) is 17.8 Å². The predicted octanol–water partition coefficient (Wildman–Crippen LogP) is 0.308. The molecule has 1 fully saturated rings. The van der Waals surface area contributed by atoms with Crippen molar-refractivity contribution in [2.75, 3.05) is 26.9 Å². The summed E-state index contributed by atoms with van der Waals surface area (Å²) in [6.45, 7) is -1.29. The summed E-state index contributed by atoms with van der Waals surface area (Å²) in [7, 11) is 1.11. The minimum atomic E-state index is -1.85. The van der Waals surface area contributed by atoms with E-state index in [0.29, 0.717) is 11.1 Å². The predicted molar refractivity (Wildman–Crippen MR) is 169 cm³/mol. The van der Waals surface area contributed by atoms with E-state index in [0.717, 1.165) is 19.4 Å². The number of aromatic hydroxyl groups is 3. The van der Waals surface area contributed by atoms with Gasteiger partial charge in [-0.05, 0) is 41.5 Å². The Hall–Kier alpha value is -4.97. The number of aliphatic hydroxyl groups excluding tert-OH is 4. The highest BCUT2D eigenvalue weighted by molar-refractivity contribution is 5.90. The van der Waals surface area contributed by atoms with E-state index < -0.39 is 80.5 Å². The lowest BCUT2D eigenvalue weighted by Crippen LogP contribution is -2.60. The van der Waals surface area contributed by atoms with Crippen LogP contribution in [0, 0.1) is 5.92 Å². The summed E-state index contributed by atoms with van der Waals surface area (Å²) in [5.41, 5.74) is 1.07. The summed E-state index contributed by atoms with van der Waals surface area (Å²) < 4.78 is 32.3. The quantitative estimate of drug-likeness (QED) is 0.0488. The standard InChI is InChI=1S/C34H38O16/c1-45-32(44)23-16-48-33(21(10-12-35)22(23)15-28(40)46-13-11-19-4-8-24(37)25(38)14-19)50-34-31(43)30(42)29(41)26(49-34)17-47-27(39)9-5-18-2-6-20(36)7-3-18/h2-10,14,16,22,26,29-31,33-38,41-43H,11-13,15,17H2,1H3. The van der Waals surface area contributed by atoms with Gasteiger partial charge in [-0.3, -0.25) is 4.79 Å². The molecule has 2 aromatic rings. The molecule has 0 saturated carbocycles. The number of rotatable bonds is 13. The van der Waals surface area contributed by atoms with Gasteiger partial charge in [0.2, 0.25) is 6.29 Å². The fraction of sp³-hybridized carbons (Fsp3) is 0.382. The molecule has 2 aliphatic rings. The van der Waals surface area contributed by atoms with Crippen LogP contribution in [0.5, 0.6) is 17.2 Å². The number of carbonyl (C=O) groups is 3. The van der Waals surface area contributed by atoms with E-state index in [9.17, 15) is 50.1 Å². The Kier molecular flexibility index (Phi) is 13.3. The first-order valence-corrected chi connectivity index (χ1v) is 15.3. The smallest absolute Gasteiger partial charge is 0.337 e. The zero-order valence-corrected chi connectivity index (χ0v) is 26.7. The molecule has 2 aromatic carbocycles. The molecule has 0 bridgehead atoms. The van der Waals surface area contributed by atoms with Crippen molar-refractivity contribution in [2.45, 2.75) is 49.8 Å². The molecule has 16 heteroatoms. The number of esters is 3. The number of methoxy groups -OCH3 is 1. The first-order chi connectivity index (χ1) is 23.9. The zero-order valence-electron chi connectivity index (χ0n) is 26.7. The highest BCUT2D eigenvalue weighted by atomic mass is 16.8. The molecule has 2 heterocycles. The fourth-order valence-electron chi connectivity index (χ4n) is 5.11. The Bertz CT molecular complexity index is 1580. The summed E-state index contributed by atoms with van der Waals surface area (Å²) in [4.78, 5) is 37.8. The first kappa shape index (κ1) is 37.8. The van der Waals surface area contributed by atoms with Gasteiger partial charge in [-0.25, -0.2) is 9.59 Å². The van der Waals surface area contributed by atoms with Gasteiger partial charge in [0.25, 0.3) is 0 Å². The zero-order chi connectivity index (χ0) is 36.4. The van der Waals surface area contributed by atoms with E-state index >= 15 is 0 Å². The molecular weight excluding hydrogens is 664 g/mol. The maximum Gasteiger partial charge on any atom is 0.337 e. The van der Waals surface area contributed by atoms with Gasteiger partial charge in [0.1, 0.15) is 36.8 Å². The van der Waals surface area contributed by atoms with Crippen molar-refractivity contribution in [2.24, 2.45) is 5.92 Å². The van der Waals surface area contributed by atoms with Crippen LogP contribution in [0.3, 0.4) is 0 Å². The second kappa shape index (κ2) is 17.6. The summed E-state index contributed by atoms with van der Waals surface area (Å²) in [5.74, 6) is -4.18. The van der Waals surface area contributed by atoms with Crippen molar-refractivity contribution in [1.29, 1.82) is 0 Å². The molecule has 0 spiro atoms. The monoisotopic (exact) mass is 702 g/mol. The highest BCUT2D eigenvalue weighted by Crippen LogP contribution is 2.36. The molecule has 0 aromatic heterocycles. The number of hydrogen-bond acceptors (Lipinski definition) is 16. The number of phenols is 3. The topological polar surface area (TPSA) is 248 Å². The Morgan fingerprint density at radius 2 is 1.66 bits per heavy atom. The number of ether oxygens (including phenoxy) is 6. The largest absolute Gasteiger partial charge is 0.508 e. The normalized spacial score (nSPS) is 25.8. The lowest BCUT2D eigenvalue weighted by atomic mass is 9.86. The van der Waals surface area contributed by atoms with E-state index in [1.807, 2.05) is 0 Å². The maximum atomic E-state index is 12.9. The third kappa shape index (κ3) is 9.81. The SMILES string of the molecule is COC(=O)C1=COC(OC2OC(COC(=O)C=Cc3ccc(O)cc3)C(O)C(O)C2O)C(=CCO)C1CC(=O)OCCc1ccc(O)c(O)c1. The van der Waals surface area contributed by atoms with E-state index in [1.54, 1.807) is 12.1 Å². The summed E-state index contributed by atoms with van der Waals surface area (Å²) >= 11 is 0. The van der Waals surface area contributed by atoms with Crippen LogP contribution in [-0.4, -0.2) is 118 Å². The Morgan fingerprint density at radius 3 is 2.34 bits per heavy atom. The third-order valence-electron chi connectivity index (χ3n) is 7.80. The van der Waals surface area contributed by atoms with Crippen molar-refractivity contribution in [3.05, 3.63) is 83.2 Å². The Morgan fingerprint density at radius 1 is 0.920 bits per heavy atom. The second-order valence-electron chi connectivity index (χ2n) is 11.2. The van der Waals surface area contributed by atoms with Gasteiger partial charge in [0, 0.05) is 24.0 Å². The van der Waals surface area contributed by atoms with Gasteiger partial charge in [0.05, 0.1) is 38.6 Å². The molecule has 7 atom stereocenters. The number of aliphatic hydroxyl groups is 4. The van der Waals surface area contributed by atoms with Crippen LogP contribution in [0.1, 0.15) is 17.5 Å². The number of hydrogen-bond donors (Lipinski definition) is 7. The molecular formula is C34H38O16. The third-order valence-corrected chi connectivity index (χ3v) is 7.80. The van der Waals surface area contributed by atoms with Crippen molar-refractivity contribution in [3.8, 4) is 17.2 Å². The van der Waals surface area contributed by atoms with Crippen LogP contribution in [0.4, 0.5) is 0 Å². The van der Waals surface area contributed by atoms with Crippen LogP contribution in [-0.2, 0) is 49.2 Å². The van der Waals surface area contributed by atoms with E-state index in [1.165, 1.54) is 42.5 Å². The van der Waals surface area contributed by atoms with Crippen LogP contribution >= 0.6 is 0 Å². The van der Waals surface area contributed by atoms with Gasteiger partial charge >= 0.3 is 17.9 Å². The molecule has 1 saturated heterocycles. The second-order valence-corrected chi connectivity index (χ2v) is 11.2. The van der Waals surface area contributed by atoms with Gasteiger partial charge in [-0.2, -0.15) is 0 Å². The van der Waals surface area contributed by atoms with E-state index in [-0.39, 0.29) is 41.4 Å². The number of carbonyl (C=O) groups excluding carboxylic acids is 3. The number of phenolic OH excluding ortho intramolecular Hbond substituents is 3. The van der Waals surface area contributed by atoms with Gasteiger partial charge in [-0.15, -0.1) is 0 Å². The molecule has 16 nitrogen and oxygen atoms in total. The molecule has 7 N–H and O–H groups in total.